The molecule has 72 valence electrons. The topological polar surface area (TPSA) is 58.6 Å². The summed E-state index contributed by atoms with van der Waals surface area (Å²) in [6.45, 7) is 3.41. The highest BCUT2D eigenvalue weighted by molar-refractivity contribution is 5.66. The lowest BCUT2D eigenvalue weighted by atomic mass is 10.2. The standard InChI is InChI=1S/C8H17NO3/c1-7(3-4-8(10)11)9-5-6-12-2/h7,9H,3-6H2,1-2H3,(H,10,11). The highest BCUT2D eigenvalue weighted by atomic mass is 16.5. The minimum Gasteiger partial charge on any atom is -0.481 e. The third kappa shape index (κ3) is 7.50. The molecule has 0 aliphatic carbocycles. The fourth-order valence-electron chi connectivity index (χ4n) is 0.849. The summed E-state index contributed by atoms with van der Waals surface area (Å²) < 4.78 is 4.84. The van der Waals surface area contributed by atoms with Crippen molar-refractivity contribution in [2.45, 2.75) is 25.8 Å². The molecule has 2 N–H and O–H groups in total. The summed E-state index contributed by atoms with van der Waals surface area (Å²) in [4.78, 5) is 10.2. The molecule has 0 aliphatic heterocycles. The number of carboxylic acid groups (broad SMARTS) is 1. The number of hydrogen-bond donors (Lipinski definition) is 2. The Morgan fingerprint density at radius 2 is 2.33 bits per heavy atom. The molecule has 4 nitrogen and oxygen atoms in total. The monoisotopic (exact) mass is 175 g/mol. The molecule has 0 spiro atoms. The molecule has 12 heavy (non-hydrogen) atoms. The van der Waals surface area contributed by atoms with Crippen LogP contribution in [0.25, 0.3) is 0 Å². The van der Waals surface area contributed by atoms with Gasteiger partial charge in [0.1, 0.15) is 0 Å². The third-order valence-corrected chi connectivity index (χ3v) is 1.59. The van der Waals surface area contributed by atoms with E-state index in [1.54, 1.807) is 7.11 Å². The summed E-state index contributed by atoms with van der Waals surface area (Å²) in [6, 6.07) is 0.247. The summed E-state index contributed by atoms with van der Waals surface area (Å²) in [5.74, 6) is -0.740. The second-order valence-electron chi connectivity index (χ2n) is 2.78. The first-order chi connectivity index (χ1) is 5.66. The van der Waals surface area contributed by atoms with E-state index in [0.29, 0.717) is 13.0 Å². The molecule has 4 heteroatoms. The third-order valence-electron chi connectivity index (χ3n) is 1.59. The number of rotatable bonds is 7. The van der Waals surface area contributed by atoms with Gasteiger partial charge in [-0.2, -0.15) is 0 Å². The van der Waals surface area contributed by atoms with Crippen LogP contribution >= 0.6 is 0 Å². The SMILES string of the molecule is COCCNC(C)CCC(=O)O. The first-order valence-corrected chi connectivity index (χ1v) is 4.11. The Bertz CT molecular complexity index is 127. The number of carbonyl (C=O) groups is 1. The number of hydrogen-bond acceptors (Lipinski definition) is 3. The van der Waals surface area contributed by atoms with Gasteiger partial charge in [-0.15, -0.1) is 0 Å². The van der Waals surface area contributed by atoms with E-state index in [0.717, 1.165) is 6.54 Å². The Kier molecular flexibility index (Phi) is 6.70. The van der Waals surface area contributed by atoms with Crippen LogP contribution in [0.1, 0.15) is 19.8 Å². The lowest BCUT2D eigenvalue weighted by Crippen LogP contribution is -2.29. The van der Waals surface area contributed by atoms with Gasteiger partial charge >= 0.3 is 5.97 Å². The molecule has 0 aromatic rings. The van der Waals surface area contributed by atoms with E-state index in [9.17, 15) is 4.79 Å². The molecule has 0 saturated carbocycles. The second kappa shape index (κ2) is 7.06. The predicted octanol–water partition coefficient (Wildman–Crippen LogP) is 0.476. The van der Waals surface area contributed by atoms with E-state index >= 15 is 0 Å². The zero-order valence-corrected chi connectivity index (χ0v) is 7.67. The maximum atomic E-state index is 10.2. The number of methoxy groups -OCH3 is 1. The van der Waals surface area contributed by atoms with Crippen molar-refractivity contribution in [2.75, 3.05) is 20.3 Å². The highest BCUT2D eigenvalue weighted by Crippen LogP contribution is 1.95. The van der Waals surface area contributed by atoms with Crippen LogP contribution in [0.4, 0.5) is 0 Å². The smallest absolute Gasteiger partial charge is 0.303 e. The molecule has 1 unspecified atom stereocenters. The highest BCUT2D eigenvalue weighted by Gasteiger charge is 2.03. The molecule has 0 radical (unpaired) electrons. The number of aliphatic carboxylic acids is 1. The first-order valence-electron chi connectivity index (χ1n) is 4.11. The molecule has 0 aliphatic rings. The van der Waals surface area contributed by atoms with Crippen molar-refractivity contribution in [2.24, 2.45) is 0 Å². The van der Waals surface area contributed by atoms with E-state index in [-0.39, 0.29) is 12.5 Å². The van der Waals surface area contributed by atoms with Crippen LogP contribution < -0.4 is 5.32 Å². The van der Waals surface area contributed by atoms with Crippen LogP contribution in [0.3, 0.4) is 0 Å². The molecule has 1 atom stereocenters. The zero-order valence-electron chi connectivity index (χ0n) is 7.67. The van der Waals surface area contributed by atoms with Crippen LogP contribution in [0.2, 0.25) is 0 Å². The second-order valence-corrected chi connectivity index (χ2v) is 2.78. The predicted molar refractivity (Wildman–Crippen MR) is 46.2 cm³/mol. The average Bonchev–Trinajstić information content (AvgIpc) is 2.01. The van der Waals surface area contributed by atoms with Crippen molar-refractivity contribution in [3.8, 4) is 0 Å². The van der Waals surface area contributed by atoms with E-state index in [1.807, 2.05) is 6.92 Å². The van der Waals surface area contributed by atoms with Gasteiger partial charge in [0.05, 0.1) is 6.61 Å². The lowest BCUT2D eigenvalue weighted by molar-refractivity contribution is -0.137. The van der Waals surface area contributed by atoms with Gasteiger partial charge in [-0.05, 0) is 13.3 Å². The molecular formula is C8H17NO3. The van der Waals surface area contributed by atoms with Gasteiger partial charge in [-0.3, -0.25) is 4.79 Å². The minimum atomic E-state index is -0.740. The van der Waals surface area contributed by atoms with Gasteiger partial charge in [0.25, 0.3) is 0 Å². The van der Waals surface area contributed by atoms with Crippen molar-refractivity contribution in [1.82, 2.24) is 5.32 Å². The van der Waals surface area contributed by atoms with Crippen LogP contribution in [0, 0.1) is 0 Å². The van der Waals surface area contributed by atoms with Gasteiger partial charge in [-0.1, -0.05) is 0 Å². The Balaban J connectivity index is 3.21. The summed E-state index contributed by atoms with van der Waals surface area (Å²) in [7, 11) is 1.64. The van der Waals surface area contributed by atoms with Crippen LogP contribution in [-0.2, 0) is 9.53 Å². The van der Waals surface area contributed by atoms with Crippen molar-refractivity contribution >= 4 is 5.97 Å². The normalized spacial score (nSPS) is 12.8. The van der Waals surface area contributed by atoms with Gasteiger partial charge in [0.15, 0.2) is 0 Å². The Labute approximate surface area is 72.9 Å². The first kappa shape index (κ1) is 11.4. The maximum Gasteiger partial charge on any atom is 0.303 e. The molecule has 0 aromatic carbocycles. The van der Waals surface area contributed by atoms with Gasteiger partial charge in [-0.25, -0.2) is 0 Å². The Hall–Kier alpha value is -0.610. The summed E-state index contributed by atoms with van der Waals surface area (Å²) in [5.41, 5.74) is 0. The lowest BCUT2D eigenvalue weighted by Gasteiger charge is -2.11. The number of nitrogens with one attached hydrogen (secondary N) is 1. The molecule has 0 saturated heterocycles. The molecule has 0 heterocycles. The quantitative estimate of drug-likeness (QED) is 0.552. The largest absolute Gasteiger partial charge is 0.481 e. The molecular weight excluding hydrogens is 158 g/mol. The van der Waals surface area contributed by atoms with Crippen molar-refractivity contribution in [3.05, 3.63) is 0 Å². The van der Waals surface area contributed by atoms with E-state index < -0.39 is 5.97 Å². The van der Waals surface area contributed by atoms with Crippen molar-refractivity contribution < 1.29 is 14.6 Å². The van der Waals surface area contributed by atoms with Crippen molar-refractivity contribution in [3.63, 3.8) is 0 Å². The van der Waals surface area contributed by atoms with Crippen LogP contribution in [0.15, 0.2) is 0 Å². The molecule has 0 amide bonds. The van der Waals surface area contributed by atoms with Crippen molar-refractivity contribution in [1.29, 1.82) is 0 Å². The van der Waals surface area contributed by atoms with Gasteiger partial charge in [0, 0.05) is 26.1 Å². The van der Waals surface area contributed by atoms with Gasteiger partial charge < -0.3 is 15.2 Å². The summed E-state index contributed by atoms with van der Waals surface area (Å²) >= 11 is 0. The number of ether oxygens (including phenoxy) is 1. The van der Waals surface area contributed by atoms with Gasteiger partial charge in [0.2, 0.25) is 0 Å². The molecule has 0 aromatic heterocycles. The minimum absolute atomic E-state index is 0.223. The number of carboxylic acids is 1. The Morgan fingerprint density at radius 1 is 1.67 bits per heavy atom. The fraction of sp³-hybridized carbons (Fsp3) is 0.875. The van der Waals surface area contributed by atoms with E-state index in [2.05, 4.69) is 5.32 Å². The maximum absolute atomic E-state index is 10.2. The van der Waals surface area contributed by atoms with Crippen LogP contribution in [-0.4, -0.2) is 37.4 Å². The van der Waals surface area contributed by atoms with E-state index in [1.165, 1.54) is 0 Å². The molecule has 0 fully saturated rings. The van der Waals surface area contributed by atoms with E-state index in [4.69, 9.17) is 9.84 Å². The summed E-state index contributed by atoms with van der Waals surface area (Å²) in [5, 5.41) is 11.5. The average molecular weight is 175 g/mol. The molecule has 0 bridgehead atoms. The fourth-order valence-corrected chi connectivity index (χ4v) is 0.849. The zero-order chi connectivity index (χ0) is 9.40. The molecule has 0 rings (SSSR count). The van der Waals surface area contributed by atoms with Crippen LogP contribution in [0.5, 0.6) is 0 Å². The Morgan fingerprint density at radius 3 is 2.83 bits per heavy atom. The summed E-state index contributed by atoms with van der Waals surface area (Å²) in [6.07, 6.45) is 0.889.